The standard InChI is InChI=1S/C19H14BrNO4/c1-2-17(22)24-13-7-5-6-12(10-13)11-16-19(23)25-18(21-16)14-8-3-4-9-15(14)20/h3-11H,2H2,1H3/b16-11-. The number of carbonyl (C=O) groups is 2. The fourth-order valence-corrected chi connectivity index (χ4v) is 2.64. The second-order valence-corrected chi connectivity index (χ2v) is 6.07. The van der Waals surface area contributed by atoms with Gasteiger partial charge in [0.05, 0.1) is 5.56 Å². The lowest BCUT2D eigenvalue weighted by molar-refractivity contribution is -0.134. The van der Waals surface area contributed by atoms with Gasteiger partial charge in [-0.1, -0.05) is 31.2 Å². The molecule has 6 heteroatoms. The Balaban J connectivity index is 1.88. The number of ether oxygens (including phenoxy) is 2. The fraction of sp³-hybridized carbons (Fsp3) is 0.105. The van der Waals surface area contributed by atoms with Crippen LogP contribution < -0.4 is 4.74 Å². The lowest BCUT2D eigenvalue weighted by atomic mass is 10.2. The molecule has 0 saturated carbocycles. The van der Waals surface area contributed by atoms with E-state index in [1.165, 1.54) is 0 Å². The molecule has 0 aromatic heterocycles. The van der Waals surface area contributed by atoms with Gasteiger partial charge in [0, 0.05) is 10.9 Å². The maximum atomic E-state index is 12.1. The number of halogens is 1. The lowest BCUT2D eigenvalue weighted by Crippen LogP contribution is -2.06. The molecule has 2 aromatic rings. The van der Waals surface area contributed by atoms with Crippen molar-refractivity contribution < 1.29 is 19.1 Å². The quantitative estimate of drug-likeness (QED) is 0.440. The molecule has 0 unspecified atom stereocenters. The van der Waals surface area contributed by atoms with Crippen LogP contribution >= 0.6 is 15.9 Å². The Morgan fingerprint density at radius 1 is 1.24 bits per heavy atom. The van der Waals surface area contributed by atoms with Gasteiger partial charge in [0.2, 0.25) is 5.90 Å². The lowest BCUT2D eigenvalue weighted by Gasteiger charge is -2.03. The molecule has 0 aliphatic carbocycles. The largest absolute Gasteiger partial charge is 0.427 e. The molecule has 25 heavy (non-hydrogen) atoms. The predicted octanol–water partition coefficient (Wildman–Crippen LogP) is 4.11. The molecule has 0 atom stereocenters. The molecule has 1 aliphatic rings. The summed E-state index contributed by atoms with van der Waals surface area (Å²) >= 11 is 3.41. The molecule has 0 spiro atoms. The van der Waals surface area contributed by atoms with E-state index in [0.717, 1.165) is 4.47 Å². The molecule has 5 nitrogen and oxygen atoms in total. The van der Waals surface area contributed by atoms with E-state index in [0.29, 0.717) is 16.9 Å². The van der Waals surface area contributed by atoms with Crippen molar-refractivity contribution in [3.8, 4) is 5.75 Å². The van der Waals surface area contributed by atoms with E-state index in [4.69, 9.17) is 9.47 Å². The molecule has 0 amide bonds. The SMILES string of the molecule is CCC(=O)Oc1cccc(/C=C2\N=C(c3ccccc3Br)OC2=O)c1. The average Bonchev–Trinajstić information content (AvgIpc) is 2.96. The third-order valence-electron chi connectivity index (χ3n) is 3.41. The number of aliphatic imine (C=N–C) groups is 1. The van der Waals surface area contributed by atoms with Crippen LogP contribution in [0.15, 0.2) is 63.7 Å². The molecule has 0 radical (unpaired) electrons. The van der Waals surface area contributed by atoms with Crippen LogP contribution in [0.3, 0.4) is 0 Å². The number of hydrogen-bond donors (Lipinski definition) is 0. The second-order valence-electron chi connectivity index (χ2n) is 5.22. The van der Waals surface area contributed by atoms with Crippen LogP contribution in [0.5, 0.6) is 5.75 Å². The van der Waals surface area contributed by atoms with Gasteiger partial charge in [-0.15, -0.1) is 0 Å². The Kier molecular flexibility index (Phi) is 5.09. The van der Waals surface area contributed by atoms with Crippen LogP contribution in [0.2, 0.25) is 0 Å². The molecule has 0 saturated heterocycles. The van der Waals surface area contributed by atoms with E-state index < -0.39 is 5.97 Å². The molecule has 0 bridgehead atoms. The number of esters is 2. The maximum Gasteiger partial charge on any atom is 0.363 e. The summed E-state index contributed by atoms with van der Waals surface area (Å²) in [6.45, 7) is 1.72. The van der Waals surface area contributed by atoms with Crippen molar-refractivity contribution in [2.45, 2.75) is 13.3 Å². The summed E-state index contributed by atoms with van der Waals surface area (Å²) in [7, 11) is 0. The summed E-state index contributed by atoms with van der Waals surface area (Å²) in [5.41, 5.74) is 1.57. The summed E-state index contributed by atoms with van der Waals surface area (Å²) in [5, 5.41) is 0. The first kappa shape index (κ1) is 17.1. The minimum atomic E-state index is -0.526. The zero-order valence-corrected chi connectivity index (χ0v) is 14.9. The highest BCUT2D eigenvalue weighted by Crippen LogP contribution is 2.24. The minimum Gasteiger partial charge on any atom is -0.427 e. The smallest absolute Gasteiger partial charge is 0.363 e. The number of hydrogen-bond acceptors (Lipinski definition) is 5. The number of benzene rings is 2. The molecule has 3 rings (SSSR count). The van der Waals surface area contributed by atoms with E-state index in [2.05, 4.69) is 20.9 Å². The molecule has 2 aromatic carbocycles. The van der Waals surface area contributed by atoms with Crippen LogP contribution in [-0.4, -0.2) is 17.8 Å². The van der Waals surface area contributed by atoms with Gasteiger partial charge in [0.15, 0.2) is 5.70 Å². The second kappa shape index (κ2) is 7.44. The first-order valence-corrected chi connectivity index (χ1v) is 8.44. The van der Waals surface area contributed by atoms with Crippen molar-refractivity contribution in [2.75, 3.05) is 0 Å². The highest BCUT2D eigenvalue weighted by molar-refractivity contribution is 9.10. The van der Waals surface area contributed by atoms with Crippen molar-refractivity contribution >= 4 is 39.8 Å². The van der Waals surface area contributed by atoms with E-state index in [1.807, 2.05) is 24.3 Å². The first-order chi connectivity index (χ1) is 12.1. The van der Waals surface area contributed by atoms with E-state index in [9.17, 15) is 9.59 Å². The Labute approximate surface area is 153 Å². The van der Waals surface area contributed by atoms with Gasteiger partial charge >= 0.3 is 11.9 Å². The topological polar surface area (TPSA) is 65.0 Å². The van der Waals surface area contributed by atoms with E-state index in [1.54, 1.807) is 37.3 Å². The van der Waals surface area contributed by atoms with E-state index in [-0.39, 0.29) is 24.0 Å². The van der Waals surface area contributed by atoms with Crippen molar-refractivity contribution in [1.82, 2.24) is 0 Å². The van der Waals surface area contributed by atoms with Crippen molar-refractivity contribution in [1.29, 1.82) is 0 Å². The zero-order chi connectivity index (χ0) is 17.8. The molecule has 0 N–H and O–H groups in total. The Morgan fingerprint density at radius 2 is 2.04 bits per heavy atom. The fourth-order valence-electron chi connectivity index (χ4n) is 2.19. The van der Waals surface area contributed by atoms with Gasteiger partial charge in [-0.2, -0.15) is 0 Å². The number of rotatable bonds is 4. The molecule has 1 aliphatic heterocycles. The minimum absolute atomic E-state index is 0.185. The molecule has 1 heterocycles. The Morgan fingerprint density at radius 3 is 2.80 bits per heavy atom. The van der Waals surface area contributed by atoms with Crippen LogP contribution in [-0.2, 0) is 14.3 Å². The summed E-state index contributed by atoms with van der Waals surface area (Å²) in [6.07, 6.45) is 1.88. The van der Waals surface area contributed by atoms with Gasteiger partial charge in [0.1, 0.15) is 5.75 Å². The first-order valence-electron chi connectivity index (χ1n) is 7.65. The summed E-state index contributed by atoms with van der Waals surface area (Å²) < 4.78 is 11.2. The zero-order valence-electron chi connectivity index (χ0n) is 13.4. The van der Waals surface area contributed by atoms with Crippen molar-refractivity contribution in [3.63, 3.8) is 0 Å². The van der Waals surface area contributed by atoms with Crippen molar-refractivity contribution in [2.24, 2.45) is 4.99 Å². The molecule has 0 fully saturated rings. The Bertz CT molecular complexity index is 902. The summed E-state index contributed by atoms with van der Waals surface area (Å²) in [5.74, 6) is -0.180. The van der Waals surface area contributed by atoms with Gasteiger partial charge in [0.25, 0.3) is 0 Å². The molecular weight excluding hydrogens is 386 g/mol. The van der Waals surface area contributed by atoms with Gasteiger partial charge in [-0.3, -0.25) is 4.79 Å². The molecular formula is C19H14BrNO4. The van der Waals surface area contributed by atoms with Crippen LogP contribution in [0.1, 0.15) is 24.5 Å². The number of nitrogens with zero attached hydrogens (tertiary/aromatic N) is 1. The number of carbonyl (C=O) groups excluding carboxylic acids is 2. The number of cyclic esters (lactones) is 1. The summed E-state index contributed by atoms with van der Waals surface area (Å²) in [6, 6.07) is 14.2. The predicted molar refractivity (Wildman–Crippen MR) is 97.1 cm³/mol. The van der Waals surface area contributed by atoms with Gasteiger partial charge < -0.3 is 9.47 Å². The monoisotopic (exact) mass is 399 g/mol. The Hall–Kier alpha value is -2.73. The highest BCUT2D eigenvalue weighted by Gasteiger charge is 2.25. The van der Waals surface area contributed by atoms with E-state index >= 15 is 0 Å². The summed E-state index contributed by atoms with van der Waals surface area (Å²) in [4.78, 5) is 27.7. The van der Waals surface area contributed by atoms with Crippen LogP contribution in [0.25, 0.3) is 6.08 Å². The average molecular weight is 400 g/mol. The van der Waals surface area contributed by atoms with Crippen LogP contribution in [0, 0.1) is 0 Å². The third-order valence-corrected chi connectivity index (χ3v) is 4.10. The molecule has 126 valence electrons. The van der Waals surface area contributed by atoms with Gasteiger partial charge in [-0.05, 0) is 51.8 Å². The van der Waals surface area contributed by atoms with Crippen LogP contribution in [0.4, 0.5) is 0 Å². The maximum absolute atomic E-state index is 12.1. The van der Waals surface area contributed by atoms with Crippen molar-refractivity contribution in [3.05, 3.63) is 69.8 Å². The van der Waals surface area contributed by atoms with Gasteiger partial charge in [-0.25, -0.2) is 9.79 Å². The highest BCUT2D eigenvalue weighted by atomic mass is 79.9. The normalized spacial score (nSPS) is 15.0. The third kappa shape index (κ3) is 4.03.